The Morgan fingerprint density at radius 1 is 0.970 bits per heavy atom. The summed E-state index contributed by atoms with van der Waals surface area (Å²) in [5.74, 6) is 0.803. The Morgan fingerprint density at radius 2 is 1.70 bits per heavy atom. The van der Waals surface area contributed by atoms with Crippen LogP contribution < -0.4 is 37.3 Å². The van der Waals surface area contributed by atoms with Crippen LogP contribution in [0.4, 0.5) is 17.1 Å². The van der Waals surface area contributed by atoms with E-state index >= 15 is 0 Å². The first-order chi connectivity index (χ1) is 16.0. The molecule has 3 aromatic carbocycles. The molecule has 0 saturated heterocycles. The molecule has 1 aliphatic rings. The third-order valence-corrected chi connectivity index (χ3v) is 6.39. The highest BCUT2D eigenvalue weighted by atomic mass is 16.5. The van der Waals surface area contributed by atoms with Crippen LogP contribution in [0.5, 0.6) is 5.75 Å². The first kappa shape index (κ1) is 23.0. The third kappa shape index (κ3) is 5.26. The van der Waals surface area contributed by atoms with Crippen molar-refractivity contribution in [1.82, 2.24) is 10.6 Å². The van der Waals surface area contributed by atoms with E-state index in [0.717, 1.165) is 16.9 Å². The second-order valence-electron chi connectivity index (χ2n) is 8.79. The normalized spacial score (nSPS) is 16.4. The number of ether oxygens (including phenoxy) is 1. The number of rotatable bonds is 9. The molecule has 1 saturated carbocycles. The van der Waals surface area contributed by atoms with Crippen LogP contribution in [0.3, 0.4) is 0 Å². The molecule has 2 atom stereocenters. The van der Waals surface area contributed by atoms with Gasteiger partial charge in [0.05, 0.1) is 19.3 Å². The zero-order chi connectivity index (χ0) is 23.4. The molecule has 0 aliphatic heterocycles. The summed E-state index contributed by atoms with van der Waals surface area (Å²) < 4.78 is 5.33. The van der Waals surface area contributed by atoms with Crippen LogP contribution in [0.25, 0.3) is 0 Å². The van der Waals surface area contributed by atoms with Gasteiger partial charge in [-0.3, -0.25) is 20.2 Å². The summed E-state index contributed by atoms with van der Waals surface area (Å²) in [6.07, 6.45) is 6.40. The molecule has 0 aromatic heterocycles. The van der Waals surface area contributed by atoms with Gasteiger partial charge in [-0.2, -0.15) is 0 Å². The van der Waals surface area contributed by atoms with E-state index in [1.807, 2.05) is 36.4 Å². The lowest BCUT2D eigenvalue weighted by atomic mass is 9.95. The Bertz CT molecular complexity index is 1150. The predicted octanol–water partition coefficient (Wildman–Crippen LogP) is 3.56. The van der Waals surface area contributed by atoms with Crippen LogP contribution in [-0.2, 0) is 0 Å². The fraction of sp³-hybridized carbons (Fsp3) is 0.385. The average molecular weight is 449 g/mol. The Hall–Kier alpha value is -3.16. The fourth-order valence-corrected chi connectivity index (χ4v) is 4.58. The number of benzene rings is 2. The van der Waals surface area contributed by atoms with E-state index in [2.05, 4.69) is 35.0 Å². The second kappa shape index (κ2) is 10.2. The van der Waals surface area contributed by atoms with Crippen LogP contribution in [0.2, 0.25) is 0 Å². The van der Waals surface area contributed by atoms with Crippen molar-refractivity contribution < 1.29 is 4.74 Å². The van der Waals surface area contributed by atoms with E-state index < -0.39 is 10.9 Å². The van der Waals surface area contributed by atoms with Gasteiger partial charge in [0.25, 0.3) is 10.9 Å². The summed E-state index contributed by atoms with van der Waals surface area (Å²) in [4.78, 5) is 23.3. The molecule has 7 heteroatoms. The minimum Gasteiger partial charge on any atom is -0.497 e. The molecule has 1 aliphatic carbocycles. The van der Waals surface area contributed by atoms with Crippen LogP contribution >= 0.6 is 0 Å². The van der Waals surface area contributed by atoms with Crippen LogP contribution in [0.1, 0.15) is 56.2 Å². The first-order valence-corrected chi connectivity index (χ1v) is 11.6. The smallest absolute Gasteiger partial charge is 0.253 e. The van der Waals surface area contributed by atoms with Gasteiger partial charge in [0.2, 0.25) is 0 Å². The second-order valence-corrected chi connectivity index (χ2v) is 8.79. The van der Waals surface area contributed by atoms with E-state index in [1.165, 1.54) is 32.1 Å². The van der Waals surface area contributed by atoms with Gasteiger partial charge in [-0.05, 0) is 55.2 Å². The largest absolute Gasteiger partial charge is 0.497 e. The maximum Gasteiger partial charge on any atom is 0.253 e. The molecular formula is C26H32N4O3. The van der Waals surface area contributed by atoms with Crippen molar-refractivity contribution in [2.75, 3.05) is 18.2 Å². The minimum atomic E-state index is -0.631. The Balaban J connectivity index is 1.58. The molecule has 7 nitrogen and oxygen atoms in total. The average Bonchev–Trinajstić information content (AvgIpc) is 2.86. The number of methoxy groups -OCH3 is 1. The lowest BCUT2D eigenvalue weighted by molar-refractivity contribution is 0.310. The van der Waals surface area contributed by atoms with Crippen molar-refractivity contribution in [3.8, 4) is 5.75 Å². The quantitative estimate of drug-likeness (QED) is 0.293. The predicted molar refractivity (Wildman–Crippen MR) is 133 cm³/mol. The summed E-state index contributed by atoms with van der Waals surface area (Å²) in [5, 5.41) is 10.5. The topological polar surface area (TPSA) is 105 Å². The maximum atomic E-state index is 11.8. The lowest BCUT2D eigenvalue weighted by Gasteiger charge is -2.30. The number of nitrogens with one attached hydrogen (secondary N) is 3. The van der Waals surface area contributed by atoms with Crippen molar-refractivity contribution in [2.45, 2.75) is 57.3 Å². The zero-order valence-electron chi connectivity index (χ0n) is 19.2. The monoisotopic (exact) mass is 448 g/mol. The van der Waals surface area contributed by atoms with Gasteiger partial charge in [-0.15, -0.1) is 0 Å². The third-order valence-electron chi connectivity index (χ3n) is 6.39. The molecule has 1 unspecified atom stereocenters. The number of nitrogens with two attached hydrogens (primary N) is 1. The fourth-order valence-electron chi connectivity index (χ4n) is 4.58. The molecule has 33 heavy (non-hydrogen) atoms. The van der Waals surface area contributed by atoms with Gasteiger partial charge in [0.1, 0.15) is 17.1 Å². The Kier molecular flexibility index (Phi) is 7.11. The summed E-state index contributed by atoms with van der Waals surface area (Å²) in [7, 11) is 1.66. The molecule has 1 fully saturated rings. The molecule has 3 aromatic rings. The molecule has 5 N–H and O–H groups in total. The molecular weight excluding hydrogens is 416 g/mol. The highest BCUT2D eigenvalue weighted by molar-refractivity contribution is 5.76. The lowest BCUT2D eigenvalue weighted by Crippen LogP contribution is -2.47. The van der Waals surface area contributed by atoms with Crippen molar-refractivity contribution in [1.29, 1.82) is 0 Å². The Morgan fingerprint density at radius 3 is 2.36 bits per heavy atom. The zero-order valence-corrected chi connectivity index (χ0v) is 19.2. The first-order valence-electron chi connectivity index (χ1n) is 11.6. The number of anilines is 3. The van der Waals surface area contributed by atoms with Gasteiger partial charge < -0.3 is 15.8 Å². The number of nitrogen functional groups attached to an aromatic ring is 1. The summed E-state index contributed by atoms with van der Waals surface area (Å²) in [6, 6.07) is 16.3. The SMILES string of the molecule is COc1ccc(C(N[C@@H](C)NC2CCCCC2)c2cccc(Nc3c(N)c(=O)c3=O)c2)cc1. The summed E-state index contributed by atoms with van der Waals surface area (Å²) in [6.45, 7) is 2.15. The molecule has 0 bridgehead atoms. The molecule has 0 amide bonds. The van der Waals surface area contributed by atoms with Crippen molar-refractivity contribution in [3.05, 3.63) is 80.1 Å². The van der Waals surface area contributed by atoms with Crippen molar-refractivity contribution in [3.63, 3.8) is 0 Å². The van der Waals surface area contributed by atoms with E-state index in [4.69, 9.17) is 10.5 Å². The Labute approximate surface area is 194 Å². The molecule has 0 heterocycles. The van der Waals surface area contributed by atoms with Gasteiger partial charge in [0, 0.05) is 11.7 Å². The summed E-state index contributed by atoms with van der Waals surface area (Å²) >= 11 is 0. The van der Waals surface area contributed by atoms with Gasteiger partial charge in [-0.1, -0.05) is 43.5 Å². The molecule has 4 rings (SSSR count). The number of hydrogen-bond acceptors (Lipinski definition) is 7. The van der Waals surface area contributed by atoms with Gasteiger partial charge >= 0.3 is 0 Å². The standard InChI is InChI=1S/C26H32N4O3/c1-16(28-19-8-4-3-5-9-19)29-23(17-11-13-21(33-2)14-12-17)18-7-6-10-20(15-18)30-24-22(27)25(31)26(24)32/h6-7,10-16,19,23,28-30H,3-5,8-9,27H2,1-2H3/t16-,23?/m0/s1. The van der Waals surface area contributed by atoms with Crippen LogP contribution in [-0.4, -0.2) is 19.3 Å². The van der Waals surface area contributed by atoms with Crippen molar-refractivity contribution in [2.24, 2.45) is 0 Å². The van der Waals surface area contributed by atoms with Gasteiger partial charge in [-0.25, -0.2) is 0 Å². The van der Waals surface area contributed by atoms with E-state index in [1.54, 1.807) is 7.11 Å². The van der Waals surface area contributed by atoms with E-state index in [-0.39, 0.29) is 23.6 Å². The van der Waals surface area contributed by atoms with Gasteiger partial charge in [0.15, 0.2) is 0 Å². The maximum absolute atomic E-state index is 11.8. The molecule has 0 spiro atoms. The summed E-state index contributed by atoms with van der Waals surface area (Å²) in [5.41, 5.74) is 7.47. The molecule has 174 valence electrons. The van der Waals surface area contributed by atoms with Crippen LogP contribution in [0, 0.1) is 0 Å². The molecule has 0 radical (unpaired) electrons. The van der Waals surface area contributed by atoms with Crippen molar-refractivity contribution >= 4 is 17.1 Å². The highest BCUT2D eigenvalue weighted by Crippen LogP contribution is 2.28. The highest BCUT2D eigenvalue weighted by Gasteiger charge is 2.22. The minimum absolute atomic E-state index is 0.0134. The van der Waals surface area contributed by atoms with E-state index in [0.29, 0.717) is 11.7 Å². The van der Waals surface area contributed by atoms with E-state index in [9.17, 15) is 9.59 Å². The number of hydrogen-bond donors (Lipinski definition) is 4. The van der Waals surface area contributed by atoms with Crippen LogP contribution in [0.15, 0.2) is 58.1 Å².